The van der Waals surface area contributed by atoms with Crippen molar-refractivity contribution in [1.82, 2.24) is 15.5 Å². The minimum Gasteiger partial charge on any atom is -0.444 e. The number of amides is 4. The first-order chi connectivity index (χ1) is 16.9. The predicted octanol–water partition coefficient (Wildman–Crippen LogP) is 2.80. The van der Waals surface area contributed by atoms with Gasteiger partial charge in [0.1, 0.15) is 17.7 Å². The summed E-state index contributed by atoms with van der Waals surface area (Å²) in [5, 5.41) is 5.39. The van der Waals surface area contributed by atoms with E-state index in [9.17, 15) is 19.2 Å². The summed E-state index contributed by atoms with van der Waals surface area (Å²) in [6.07, 6.45) is 7.71. The van der Waals surface area contributed by atoms with Crippen molar-refractivity contribution in [3.8, 4) is 12.3 Å². The van der Waals surface area contributed by atoms with Crippen LogP contribution in [0.25, 0.3) is 0 Å². The van der Waals surface area contributed by atoms with Crippen LogP contribution in [0.2, 0.25) is 0 Å². The van der Waals surface area contributed by atoms with Gasteiger partial charge < -0.3 is 26.0 Å². The molecule has 196 valence electrons. The molecule has 0 heterocycles. The van der Waals surface area contributed by atoms with Gasteiger partial charge >= 0.3 is 6.09 Å². The van der Waals surface area contributed by atoms with Gasteiger partial charge in [-0.25, -0.2) is 4.79 Å². The third-order valence-corrected chi connectivity index (χ3v) is 5.08. The van der Waals surface area contributed by atoms with Crippen molar-refractivity contribution >= 4 is 23.8 Å². The predicted molar refractivity (Wildman–Crippen MR) is 139 cm³/mol. The van der Waals surface area contributed by atoms with Gasteiger partial charge in [0, 0.05) is 25.1 Å². The maximum atomic E-state index is 13.8. The van der Waals surface area contributed by atoms with E-state index in [1.54, 1.807) is 45.0 Å². The maximum Gasteiger partial charge on any atom is 0.408 e. The van der Waals surface area contributed by atoms with Crippen molar-refractivity contribution in [2.75, 3.05) is 13.1 Å². The number of alkyl carbamates (subject to hydrolysis) is 1. The van der Waals surface area contributed by atoms with E-state index in [1.807, 2.05) is 6.92 Å². The second-order valence-corrected chi connectivity index (χ2v) is 9.26. The van der Waals surface area contributed by atoms with Gasteiger partial charge in [-0.15, -0.1) is 13.0 Å². The number of ether oxygens (including phenoxy) is 1. The highest BCUT2D eigenvalue weighted by Gasteiger charge is 2.36. The second kappa shape index (κ2) is 14.6. The highest BCUT2D eigenvalue weighted by Crippen LogP contribution is 2.26. The van der Waals surface area contributed by atoms with Gasteiger partial charge in [-0.3, -0.25) is 14.4 Å². The Morgan fingerprint density at radius 2 is 1.92 bits per heavy atom. The minimum atomic E-state index is -1.18. The van der Waals surface area contributed by atoms with E-state index >= 15 is 0 Å². The molecular weight excluding hydrogens is 460 g/mol. The molecule has 0 aliphatic heterocycles. The van der Waals surface area contributed by atoms with E-state index in [0.29, 0.717) is 17.7 Å². The van der Waals surface area contributed by atoms with Crippen molar-refractivity contribution in [2.24, 2.45) is 5.73 Å². The summed E-state index contributed by atoms with van der Waals surface area (Å²) >= 11 is 0. The van der Waals surface area contributed by atoms with Gasteiger partial charge in [0.05, 0.1) is 0 Å². The molecule has 9 heteroatoms. The molecule has 0 spiro atoms. The highest BCUT2D eigenvalue weighted by molar-refractivity contribution is 5.93. The number of nitrogens with two attached hydrogens (primary N) is 1. The van der Waals surface area contributed by atoms with Crippen LogP contribution in [0.4, 0.5) is 4.79 Å². The Labute approximate surface area is 213 Å². The Balaban J connectivity index is 3.49. The SMILES string of the molecule is C#Cc1ccccc1C(C(=O)NCCCC)N(CC=C)C(=O)C(CCC(N)=O)NC(=O)OC(C)(C)C. The molecule has 1 aromatic carbocycles. The first-order valence-electron chi connectivity index (χ1n) is 12.0. The average molecular weight is 499 g/mol. The Morgan fingerprint density at radius 3 is 2.47 bits per heavy atom. The van der Waals surface area contributed by atoms with E-state index in [-0.39, 0.29) is 19.4 Å². The third kappa shape index (κ3) is 9.82. The summed E-state index contributed by atoms with van der Waals surface area (Å²) in [6.45, 7) is 11.2. The number of rotatable bonds is 13. The van der Waals surface area contributed by atoms with Crippen LogP contribution in [0, 0.1) is 12.3 Å². The largest absolute Gasteiger partial charge is 0.444 e. The number of nitrogens with zero attached hydrogens (tertiary/aromatic N) is 1. The zero-order valence-corrected chi connectivity index (χ0v) is 21.6. The summed E-state index contributed by atoms with van der Waals surface area (Å²) in [5.41, 5.74) is 5.39. The quantitative estimate of drug-likeness (QED) is 0.219. The lowest BCUT2D eigenvalue weighted by molar-refractivity contribution is -0.142. The number of nitrogens with one attached hydrogen (secondary N) is 2. The number of benzene rings is 1. The van der Waals surface area contributed by atoms with Crippen LogP contribution < -0.4 is 16.4 Å². The van der Waals surface area contributed by atoms with Gasteiger partial charge in [-0.1, -0.05) is 43.5 Å². The van der Waals surface area contributed by atoms with Crippen molar-refractivity contribution < 1.29 is 23.9 Å². The fourth-order valence-electron chi connectivity index (χ4n) is 3.46. The lowest BCUT2D eigenvalue weighted by Crippen LogP contribution is -2.53. The first-order valence-corrected chi connectivity index (χ1v) is 12.0. The molecule has 1 rings (SSSR count). The molecule has 36 heavy (non-hydrogen) atoms. The fraction of sp³-hybridized carbons (Fsp3) is 0.481. The number of carbonyl (C=O) groups excluding carboxylic acids is 4. The topological polar surface area (TPSA) is 131 Å². The smallest absolute Gasteiger partial charge is 0.408 e. The second-order valence-electron chi connectivity index (χ2n) is 9.26. The Morgan fingerprint density at radius 1 is 1.25 bits per heavy atom. The summed E-state index contributed by atoms with van der Waals surface area (Å²) in [7, 11) is 0. The van der Waals surface area contributed by atoms with Crippen LogP contribution in [0.3, 0.4) is 0 Å². The van der Waals surface area contributed by atoms with Gasteiger partial charge in [-0.2, -0.15) is 0 Å². The lowest BCUT2D eigenvalue weighted by Gasteiger charge is -2.34. The molecule has 0 bridgehead atoms. The zero-order valence-electron chi connectivity index (χ0n) is 21.6. The molecule has 2 unspecified atom stereocenters. The third-order valence-electron chi connectivity index (χ3n) is 5.08. The van der Waals surface area contributed by atoms with Crippen molar-refractivity contribution in [3.63, 3.8) is 0 Å². The number of unbranched alkanes of at least 4 members (excludes halogenated alkanes) is 1. The van der Waals surface area contributed by atoms with Gasteiger partial charge in [0.2, 0.25) is 17.7 Å². The first kappa shape index (κ1) is 30.2. The molecule has 0 fully saturated rings. The van der Waals surface area contributed by atoms with E-state index in [4.69, 9.17) is 16.9 Å². The molecule has 0 aliphatic carbocycles. The van der Waals surface area contributed by atoms with E-state index in [0.717, 1.165) is 12.8 Å². The molecule has 0 aliphatic rings. The number of primary amides is 1. The summed E-state index contributed by atoms with van der Waals surface area (Å²) in [5.74, 6) is 0.898. The number of hydrogen-bond acceptors (Lipinski definition) is 5. The Bertz CT molecular complexity index is 977. The van der Waals surface area contributed by atoms with Crippen LogP contribution >= 0.6 is 0 Å². The zero-order chi connectivity index (χ0) is 27.3. The van der Waals surface area contributed by atoms with E-state index in [2.05, 4.69) is 23.1 Å². The highest BCUT2D eigenvalue weighted by atomic mass is 16.6. The molecule has 2 atom stereocenters. The average Bonchev–Trinajstić information content (AvgIpc) is 2.80. The normalized spacial score (nSPS) is 12.4. The molecule has 4 amide bonds. The minimum absolute atomic E-state index is 0.0212. The van der Waals surface area contributed by atoms with Gasteiger partial charge in [0.25, 0.3) is 0 Å². The van der Waals surface area contributed by atoms with Crippen LogP contribution in [-0.2, 0) is 19.1 Å². The lowest BCUT2D eigenvalue weighted by atomic mass is 9.97. The molecule has 0 saturated heterocycles. The molecule has 4 N–H and O–H groups in total. The number of hydrogen-bond donors (Lipinski definition) is 3. The molecule has 0 radical (unpaired) electrons. The van der Waals surface area contributed by atoms with E-state index < -0.39 is 41.5 Å². The molecular formula is C27H38N4O5. The van der Waals surface area contributed by atoms with E-state index in [1.165, 1.54) is 11.0 Å². The molecule has 0 saturated carbocycles. The Hall–Kier alpha value is -3.80. The molecule has 1 aromatic rings. The maximum absolute atomic E-state index is 13.8. The summed E-state index contributed by atoms with van der Waals surface area (Å²) in [4.78, 5) is 52.5. The molecule has 9 nitrogen and oxygen atoms in total. The fourth-order valence-corrected chi connectivity index (χ4v) is 3.46. The van der Waals surface area contributed by atoms with Crippen LogP contribution in [0.5, 0.6) is 0 Å². The monoisotopic (exact) mass is 498 g/mol. The number of terminal acetylenes is 1. The van der Waals surface area contributed by atoms with Crippen molar-refractivity contribution in [1.29, 1.82) is 0 Å². The van der Waals surface area contributed by atoms with Crippen LogP contribution in [-0.4, -0.2) is 53.4 Å². The Kier molecular flexibility index (Phi) is 12.2. The summed E-state index contributed by atoms with van der Waals surface area (Å²) in [6, 6.07) is 4.55. The van der Waals surface area contributed by atoms with Gasteiger partial charge in [-0.05, 0) is 45.2 Å². The molecule has 0 aromatic heterocycles. The van der Waals surface area contributed by atoms with Crippen molar-refractivity contribution in [3.05, 3.63) is 48.0 Å². The van der Waals surface area contributed by atoms with Crippen molar-refractivity contribution in [2.45, 2.75) is 71.1 Å². The number of carbonyl (C=O) groups is 4. The van der Waals surface area contributed by atoms with Crippen LogP contribution in [0.1, 0.15) is 70.5 Å². The summed E-state index contributed by atoms with van der Waals surface area (Å²) < 4.78 is 5.30. The van der Waals surface area contributed by atoms with Gasteiger partial charge in [0.15, 0.2) is 0 Å². The standard InChI is InChI=1S/C27H38N4O5/c1-7-10-17-29-24(33)23(20-14-12-11-13-19(20)9-3)31(18-8-2)25(34)21(15-16-22(28)32)30-26(35)36-27(4,5)6/h3,8,11-14,21,23H,2,7,10,15-18H2,1,4-6H3,(H2,28,32)(H,29,33)(H,30,35). The van der Waals surface area contributed by atoms with Crippen LogP contribution in [0.15, 0.2) is 36.9 Å².